The van der Waals surface area contributed by atoms with Crippen LogP contribution in [-0.4, -0.2) is 24.3 Å². The molecule has 2 atom stereocenters. The Kier molecular flexibility index (Phi) is 9.54. The molecule has 1 unspecified atom stereocenters. The number of nitrogens with one attached hydrogen (secondary N) is 1. The van der Waals surface area contributed by atoms with Crippen LogP contribution in [-0.2, 0) is 0 Å². The van der Waals surface area contributed by atoms with Gasteiger partial charge in [-0.25, -0.2) is 0 Å². The lowest BCUT2D eigenvalue weighted by Gasteiger charge is -2.25. The summed E-state index contributed by atoms with van der Waals surface area (Å²) in [5, 5.41) is 13.5. The number of aliphatic hydroxyl groups is 1. The normalized spacial score (nSPS) is 23.4. The van der Waals surface area contributed by atoms with E-state index in [4.69, 9.17) is 0 Å². The van der Waals surface area contributed by atoms with Crippen molar-refractivity contribution < 1.29 is 5.11 Å². The second-order valence-corrected chi connectivity index (χ2v) is 6.35. The van der Waals surface area contributed by atoms with Crippen molar-refractivity contribution in [3.05, 3.63) is 0 Å². The summed E-state index contributed by atoms with van der Waals surface area (Å²) in [7, 11) is 0. The molecule has 0 aromatic rings. The van der Waals surface area contributed by atoms with E-state index in [9.17, 15) is 5.11 Å². The van der Waals surface area contributed by atoms with Crippen molar-refractivity contribution in [2.24, 2.45) is 11.8 Å². The van der Waals surface area contributed by atoms with E-state index in [0.29, 0.717) is 5.92 Å². The number of hydrogen-bond acceptors (Lipinski definition) is 2. The Balaban J connectivity index is 2.29. The first kappa shape index (κ1) is 17.0. The Morgan fingerprint density at radius 3 is 1.89 bits per heavy atom. The zero-order chi connectivity index (χ0) is 13.9. The van der Waals surface area contributed by atoms with E-state index in [0.717, 1.165) is 19.0 Å². The van der Waals surface area contributed by atoms with Gasteiger partial charge in [0.15, 0.2) is 0 Å². The maximum absolute atomic E-state index is 10.1. The molecule has 2 nitrogen and oxygen atoms in total. The second kappa shape index (κ2) is 10.7. The van der Waals surface area contributed by atoms with Crippen LogP contribution in [0.4, 0.5) is 0 Å². The minimum absolute atomic E-state index is 0.0950. The molecule has 1 saturated heterocycles. The Labute approximate surface area is 120 Å². The third-order valence-corrected chi connectivity index (χ3v) is 4.69. The van der Waals surface area contributed by atoms with Crippen molar-refractivity contribution in [3.8, 4) is 0 Å². The van der Waals surface area contributed by atoms with E-state index in [1.54, 1.807) is 0 Å². The number of hydrogen-bond donors (Lipinski definition) is 2. The quantitative estimate of drug-likeness (QED) is 0.553. The highest BCUT2D eigenvalue weighted by molar-refractivity contribution is 4.85. The standard InChI is InChI=1S/C17H35NO/c1-3-5-7-9-11-15(12-10-8-6-4-2)16-13-18-14-17(16)19/h15-19H,3-14H2,1-2H3/t16?,17-/m1/s1. The van der Waals surface area contributed by atoms with Crippen LogP contribution in [0.2, 0.25) is 0 Å². The van der Waals surface area contributed by atoms with Gasteiger partial charge in [-0.3, -0.25) is 0 Å². The van der Waals surface area contributed by atoms with Crippen LogP contribution >= 0.6 is 0 Å². The fourth-order valence-corrected chi connectivity index (χ4v) is 3.41. The molecule has 0 aromatic heterocycles. The molecule has 1 aliphatic rings. The molecule has 0 aliphatic carbocycles. The average Bonchev–Trinajstić information content (AvgIpc) is 2.83. The average molecular weight is 269 g/mol. The van der Waals surface area contributed by atoms with Gasteiger partial charge in [0.2, 0.25) is 0 Å². The van der Waals surface area contributed by atoms with Gasteiger partial charge in [-0.1, -0.05) is 78.1 Å². The molecule has 0 spiro atoms. The predicted molar refractivity (Wildman–Crippen MR) is 83.4 cm³/mol. The highest BCUT2D eigenvalue weighted by atomic mass is 16.3. The number of rotatable bonds is 11. The number of aliphatic hydroxyl groups excluding tert-OH is 1. The van der Waals surface area contributed by atoms with Crippen molar-refractivity contribution in [1.82, 2.24) is 5.32 Å². The highest BCUT2D eigenvalue weighted by Gasteiger charge is 2.31. The van der Waals surface area contributed by atoms with Gasteiger partial charge in [0.1, 0.15) is 0 Å². The molecule has 0 saturated carbocycles. The van der Waals surface area contributed by atoms with Crippen LogP contribution in [0.1, 0.15) is 78.1 Å². The third kappa shape index (κ3) is 6.76. The summed E-state index contributed by atoms with van der Waals surface area (Å²) < 4.78 is 0. The molecule has 1 fully saturated rings. The van der Waals surface area contributed by atoms with E-state index in [1.165, 1.54) is 64.2 Å². The SMILES string of the molecule is CCCCCCC(CCCCCC)C1CNC[C@H]1O. The van der Waals surface area contributed by atoms with E-state index >= 15 is 0 Å². The lowest BCUT2D eigenvalue weighted by molar-refractivity contribution is 0.103. The lowest BCUT2D eigenvalue weighted by Crippen LogP contribution is -2.26. The summed E-state index contributed by atoms with van der Waals surface area (Å²) in [5.41, 5.74) is 0. The van der Waals surface area contributed by atoms with Crippen LogP contribution < -0.4 is 5.32 Å². The van der Waals surface area contributed by atoms with Crippen molar-refractivity contribution in [3.63, 3.8) is 0 Å². The first-order valence-electron chi connectivity index (χ1n) is 8.68. The molecule has 2 N–H and O–H groups in total. The van der Waals surface area contributed by atoms with Gasteiger partial charge in [0.05, 0.1) is 6.10 Å². The smallest absolute Gasteiger partial charge is 0.0707 e. The van der Waals surface area contributed by atoms with Gasteiger partial charge in [0, 0.05) is 19.0 Å². The molecule has 0 aromatic carbocycles. The Morgan fingerprint density at radius 1 is 0.895 bits per heavy atom. The number of unbranched alkanes of at least 4 members (excludes halogenated alkanes) is 6. The van der Waals surface area contributed by atoms with Gasteiger partial charge in [0.25, 0.3) is 0 Å². The van der Waals surface area contributed by atoms with Gasteiger partial charge >= 0.3 is 0 Å². The summed E-state index contributed by atoms with van der Waals surface area (Å²) in [6.07, 6.45) is 13.4. The highest BCUT2D eigenvalue weighted by Crippen LogP contribution is 2.29. The molecule has 0 radical (unpaired) electrons. The lowest BCUT2D eigenvalue weighted by atomic mass is 9.82. The molecular weight excluding hydrogens is 234 g/mol. The molecule has 1 heterocycles. The molecule has 0 amide bonds. The van der Waals surface area contributed by atoms with E-state index in [2.05, 4.69) is 19.2 Å². The summed E-state index contributed by atoms with van der Waals surface area (Å²) in [4.78, 5) is 0. The Morgan fingerprint density at radius 2 is 1.47 bits per heavy atom. The Bertz CT molecular complexity index is 195. The summed E-state index contributed by atoms with van der Waals surface area (Å²) >= 11 is 0. The van der Waals surface area contributed by atoms with E-state index in [-0.39, 0.29) is 6.10 Å². The van der Waals surface area contributed by atoms with Gasteiger partial charge in [-0.05, 0) is 5.92 Å². The van der Waals surface area contributed by atoms with Crippen molar-refractivity contribution >= 4 is 0 Å². The number of β-amino-alcohol motifs (C(OH)–C–C–N with tert-alkyl or cyclic N) is 1. The van der Waals surface area contributed by atoms with Gasteiger partial charge < -0.3 is 10.4 Å². The van der Waals surface area contributed by atoms with Crippen molar-refractivity contribution in [2.75, 3.05) is 13.1 Å². The fourth-order valence-electron chi connectivity index (χ4n) is 3.41. The first-order chi connectivity index (χ1) is 9.29. The minimum Gasteiger partial charge on any atom is -0.391 e. The largest absolute Gasteiger partial charge is 0.391 e. The second-order valence-electron chi connectivity index (χ2n) is 6.35. The predicted octanol–water partition coefficient (Wildman–Crippen LogP) is 4.12. The van der Waals surface area contributed by atoms with Crippen LogP contribution in [0, 0.1) is 11.8 Å². The van der Waals surface area contributed by atoms with Crippen molar-refractivity contribution in [1.29, 1.82) is 0 Å². The third-order valence-electron chi connectivity index (χ3n) is 4.69. The Hall–Kier alpha value is -0.0800. The molecule has 0 bridgehead atoms. The van der Waals surface area contributed by atoms with E-state index < -0.39 is 0 Å². The van der Waals surface area contributed by atoms with Crippen molar-refractivity contribution in [2.45, 2.75) is 84.2 Å². The summed E-state index contributed by atoms with van der Waals surface area (Å²) in [5.74, 6) is 1.27. The molecule has 1 aliphatic heterocycles. The minimum atomic E-state index is -0.0950. The summed E-state index contributed by atoms with van der Waals surface area (Å²) in [6.45, 7) is 6.39. The van der Waals surface area contributed by atoms with Crippen LogP contribution in [0.3, 0.4) is 0 Å². The first-order valence-corrected chi connectivity index (χ1v) is 8.68. The maximum Gasteiger partial charge on any atom is 0.0707 e. The van der Waals surface area contributed by atoms with E-state index in [1.807, 2.05) is 0 Å². The molecule has 114 valence electrons. The summed E-state index contributed by atoms with van der Waals surface area (Å²) in [6, 6.07) is 0. The molecule has 2 heteroatoms. The van der Waals surface area contributed by atoms with Crippen LogP contribution in [0.5, 0.6) is 0 Å². The fraction of sp³-hybridized carbons (Fsp3) is 1.00. The monoisotopic (exact) mass is 269 g/mol. The maximum atomic E-state index is 10.1. The van der Waals surface area contributed by atoms with Gasteiger partial charge in [-0.2, -0.15) is 0 Å². The topological polar surface area (TPSA) is 32.3 Å². The molecule has 19 heavy (non-hydrogen) atoms. The molecule has 1 rings (SSSR count). The van der Waals surface area contributed by atoms with Crippen LogP contribution in [0.25, 0.3) is 0 Å². The van der Waals surface area contributed by atoms with Gasteiger partial charge in [-0.15, -0.1) is 0 Å². The zero-order valence-electron chi connectivity index (χ0n) is 13.2. The van der Waals surface area contributed by atoms with Crippen LogP contribution in [0.15, 0.2) is 0 Å². The zero-order valence-corrected chi connectivity index (χ0v) is 13.2. The molecular formula is C17H35NO.